The molecule has 186 valence electrons. The summed E-state index contributed by atoms with van der Waals surface area (Å²) < 4.78 is 36.9. The molecule has 0 aliphatic heterocycles. The van der Waals surface area contributed by atoms with Crippen molar-refractivity contribution in [1.82, 2.24) is 5.43 Å². The van der Waals surface area contributed by atoms with E-state index in [9.17, 15) is 18.3 Å². The number of hydrogen-bond acceptors (Lipinski definition) is 7. The highest BCUT2D eigenvalue weighted by Gasteiger charge is 2.19. The van der Waals surface area contributed by atoms with Crippen LogP contribution in [0.2, 0.25) is 0 Å². The number of benzene rings is 3. The monoisotopic (exact) mass is 498 g/mol. The third kappa shape index (κ3) is 7.13. The van der Waals surface area contributed by atoms with Gasteiger partial charge < -0.3 is 14.6 Å². The van der Waals surface area contributed by atoms with E-state index >= 15 is 0 Å². The Hall–Kier alpha value is -3.72. The summed E-state index contributed by atoms with van der Waals surface area (Å²) in [6.07, 6.45) is 1.33. The molecule has 2 atom stereocenters. The third-order valence-corrected chi connectivity index (χ3v) is 6.97. The van der Waals surface area contributed by atoms with E-state index in [0.717, 1.165) is 18.6 Å². The molecule has 0 aliphatic rings. The Morgan fingerprint density at radius 1 is 0.857 bits per heavy atom. The molecule has 0 spiro atoms. The SMILES string of the molecule is CCCC(C)Oc1ccc(NNC(=O)C(C)Oc2ccc(S(=O)(=O)c3ccc(O)cc3)cc2)cc1. The fourth-order valence-corrected chi connectivity index (χ4v) is 4.53. The summed E-state index contributed by atoms with van der Waals surface area (Å²) >= 11 is 0. The van der Waals surface area contributed by atoms with Crippen LogP contribution in [0.3, 0.4) is 0 Å². The van der Waals surface area contributed by atoms with Crippen LogP contribution in [-0.4, -0.2) is 31.6 Å². The normalized spacial score (nSPS) is 12.9. The predicted octanol–water partition coefficient (Wildman–Crippen LogP) is 4.70. The fourth-order valence-electron chi connectivity index (χ4n) is 3.27. The molecule has 0 bridgehead atoms. The highest BCUT2D eigenvalue weighted by Crippen LogP contribution is 2.25. The van der Waals surface area contributed by atoms with E-state index in [2.05, 4.69) is 17.8 Å². The van der Waals surface area contributed by atoms with Gasteiger partial charge in [-0.25, -0.2) is 8.42 Å². The number of amides is 1. The zero-order chi connectivity index (χ0) is 25.4. The first-order valence-electron chi connectivity index (χ1n) is 11.3. The van der Waals surface area contributed by atoms with Gasteiger partial charge in [0.25, 0.3) is 5.91 Å². The molecule has 3 aromatic rings. The zero-order valence-electron chi connectivity index (χ0n) is 19.9. The summed E-state index contributed by atoms with van der Waals surface area (Å²) in [4.78, 5) is 12.5. The van der Waals surface area contributed by atoms with Crippen LogP contribution in [0.4, 0.5) is 5.69 Å². The summed E-state index contributed by atoms with van der Waals surface area (Å²) in [5, 5.41) is 9.36. The van der Waals surface area contributed by atoms with Crippen molar-refractivity contribution in [3.63, 3.8) is 0 Å². The summed E-state index contributed by atoms with van der Waals surface area (Å²) in [5.74, 6) is 0.690. The third-order valence-electron chi connectivity index (χ3n) is 5.18. The van der Waals surface area contributed by atoms with E-state index in [1.807, 2.05) is 19.1 Å². The summed E-state index contributed by atoms with van der Waals surface area (Å²) in [7, 11) is -3.73. The first-order chi connectivity index (χ1) is 16.7. The lowest BCUT2D eigenvalue weighted by molar-refractivity contribution is -0.126. The van der Waals surface area contributed by atoms with Crippen LogP contribution in [0, 0.1) is 0 Å². The molecule has 0 heterocycles. The second kappa shape index (κ2) is 11.6. The molecule has 3 rings (SSSR count). The first-order valence-corrected chi connectivity index (χ1v) is 12.8. The molecule has 0 radical (unpaired) electrons. The molecule has 0 fully saturated rings. The van der Waals surface area contributed by atoms with Crippen molar-refractivity contribution in [1.29, 1.82) is 0 Å². The van der Waals surface area contributed by atoms with Crippen LogP contribution >= 0.6 is 0 Å². The van der Waals surface area contributed by atoms with E-state index in [1.54, 1.807) is 19.1 Å². The molecule has 0 aromatic heterocycles. The van der Waals surface area contributed by atoms with Crippen molar-refractivity contribution < 1.29 is 27.8 Å². The number of nitrogens with one attached hydrogen (secondary N) is 2. The number of ether oxygens (including phenoxy) is 2. The van der Waals surface area contributed by atoms with Gasteiger partial charge in [-0.15, -0.1) is 0 Å². The van der Waals surface area contributed by atoms with Crippen molar-refractivity contribution >= 4 is 21.4 Å². The number of rotatable bonds is 11. The molecule has 2 unspecified atom stereocenters. The minimum absolute atomic E-state index is 0.0162. The average molecular weight is 499 g/mol. The number of phenolic OH excluding ortho intramolecular Hbond substituents is 1. The van der Waals surface area contributed by atoms with E-state index in [-0.39, 0.29) is 21.6 Å². The molecule has 9 heteroatoms. The Balaban J connectivity index is 1.52. The predicted molar refractivity (Wildman–Crippen MR) is 133 cm³/mol. The fraction of sp³-hybridized carbons (Fsp3) is 0.269. The topological polar surface area (TPSA) is 114 Å². The van der Waals surface area contributed by atoms with Crippen molar-refractivity contribution in [2.75, 3.05) is 5.43 Å². The van der Waals surface area contributed by atoms with Crippen LogP contribution < -0.4 is 20.3 Å². The van der Waals surface area contributed by atoms with E-state index in [0.29, 0.717) is 11.4 Å². The Morgan fingerprint density at radius 2 is 1.37 bits per heavy atom. The number of aromatic hydroxyl groups is 1. The van der Waals surface area contributed by atoms with Crippen LogP contribution in [0.1, 0.15) is 33.6 Å². The van der Waals surface area contributed by atoms with Crippen LogP contribution in [0.15, 0.2) is 82.6 Å². The lowest BCUT2D eigenvalue weighted by Gasteiger charge is -2.17. The van der Waals surface area contributed by atoms with Crippen molar-refractivity contribution in [2.45, 2.75) is 55.6 Å². The average Bonchev–Trinajstić information content (AvgIpc) is 2.84. The standard InChI is InChI=1S/C26H30N2O6S/c1-4-5-18(2)33-22-10-6-20(7-11-22)27-28-26(30)19(3)34-23-12-16-25(17-13-23)35(31,32)24-14-8-21(29)9-15-24/h6-19,27,29H,4-5H2,1-3H3,(H,28,30). The van der Waals surface area contributed by atoms with E-state index in [4.69, 9.17) is 9.47 Å². The Kier molecular flexibility index (Phi) is 8.59. The highest BCUT2D eigenvalue weighted by molar-refractivity contribution is 7.91. The van der Waals surface area contributed by atoms with Gasteiger partial charge in [0, 0.05) is 0 Å². The lowest BCUT2D eigenvalue weighted by atomic mass is 10.2. The van der Waals surface area contributed by atoms with Gasteiger partial charge in [-0.1, -0.05) is 13.3 Å². The van der Waals surface area contributed by atoms with Crippen LogP contribution in [0.25, 0.3) is 0 Å². The number of phenols is 1. The van der Waals surface area contributed by atoms with Crippen molar-refractivity contribution in [3.8, 4) is 17.2 Å². The van der Waals surface area contributed by atoms with Crippen molar-refractivity contribution in [3.05, 3.63) is 72.8 Å². The maximum atomic E-state index is 12.7. The van der Waals surface area contributed by atoms with Gasteiger partial charge in [0.15, 0.2) is 6.10 Å². The molecule has 3 N–H and O–H groups in total. The number of hydrogen-bond donors (Lipinski definition) is 3. The highest BCUT2D eigenvalue weighted by atomic mass is 32.2. The molecular formula is C26H30N2O6S. The molecule has 0 saturated heterocycles. The summed E-state index contributed by atoms with van der Waals surface area (Å²) in [6.45, 7) is 5.73. The molecule has 8 nitrogen and oxygen atoms in total. The lowest BCUT2D eigenvalue weighted by Crippen LogP contribution is -2.39. The summed E-state index contributed by atoms with van der Waals surface area (Å²) in [5.41, 5.74) is 6.11. The van der Waals surface area contributed by atoms with Crippen LogP contribution in [0.5, 0.6) is 17.2 Å². The van der Waals surface area contributed by atoms with Gasteiger partial charge in [0.1, 0.15) is 17.2 Å². The smallest absolute Gasteiger partial charge is 0.279 e. The first kappa shape index (κ1) is 25.9. The number of anilines is 1. The molecule has 0 aliphatic carbocycles. The van der Waals surface area contributed by atoms with Gasteiger partial charge in [-0.2, -0.15) is 0 Å². The molecular weight excluding hydrogens is 468 g/mol. The molecule has 1 amide bonds. The van der Waals surface area contributed by atoms with E-state index in [1.165, 1.54) is 48.5 Å². The number of hydrazine groups is 1. The maximum absolute atomic E-state index is 12.7. The molecule has 3 aromatic carbocycles. The second-order valence-corrected chi connectivity index (χ2v) is 10.0. The number of sulfone groups is 1. The van der Waals surface area contributed by atoms with Gasteiger partial charge >= 0.3 is 0 Å². The minimum atomic E-state index is -3.73. The zero-order valence-corrected chi connectivity index (χ0v) is 20.7. The largest absolute Gasteiger partial charge is 0.508 e. The Bertz CT molecular complexity index is 1210. The van der Waals surface area contributed by atoms with Crippen LogP contribution in [-0.2, 0) is 14.6 Å². The van der Waals surface area contributed by atoms with Crippen molar-refractivity contribution in [2.24, 2.45) is 0 Å². The summed E-state index contributed by atoms with van der Waals surface area (Å²) in [6, 6.07) is 18.3. The molecule has 0 saturated carbocycles. The number of carbonyl (C=O) groups is 1. The van der Waals surface area contributed by atoms with E-state index < -0.39 is 21.8 Å². The van der Waals surface area contributed by atoms with Gasteiger partial charge in [-0.3, -0.25) is 15.6 Å². The van der Waals surface area contributed by atoms with Gasteiger partial charge in [0.2, 0.25) is 9.84 Å². The quantitative estimate of drug-likeness (QED) is 0.328. The van der Waals surface area contributed by atoms with Gasteiger partial charge in [-0.05, 0) is 93.1 Å². The second-order valence-electron chi connectivity index (χ2n) is 8.08. The Morgan fingerprint density at radius 3 is 1.94 bits per heavy atom. The Labute approximate surface area is 205 Å². The molecule has 35 heavy (non-hydrogen) atoms. The van der Waals surface area contributed by atoms with Gasteiger partial charge in [0.05, 0.1) is 21.6 Å². The number of carbonyl (C=O) groups excluding carboxylic acids is 1. The maximum Gasteiger partial charge on any atom is 0.279 e. The minimum Gasteiger partial charge on any atom is -0.508 e.